The molecular weight excluding hydrogens is 442 g/mol. The van der Waals surface area contributed by atoms with E-state index in [1.807, 2.05) is 59.9 Å². The van der Waals surface area contributed by atoms with Gasteiger partial charge in [-0.25, -0.2) is 4.79 Å². The van der Waals surface area contributed by atoms with Gasteiger partial charge in [0.05, 0.1) is 12.1 Å². The first-order valence-electron chi connectivity index (χ1n) is 12.5. The molecule has 0 radical (unpaired) electrons. The fourth-order valence-electron chi connectivity index (χ4n) is 4.73. The summed E-state index contributed by atoms with van der Waals surface area (Å²) in [6, 6.07) is 8.80. The summed E-state index contributed by atoms with van der Waals surface area (Å²) in [5, 5.41) is 12.4. The Balaban J connectivity index is 2.25. The molecule has 1 aromatic rings. The largest absolute Gasteiger partial charge is 0.478 e. The number of carboxylic acids is 1. The van der Waals surface area contributed by atoms with Crippen molar-refractivity contribution in [2.24, 2.45) is 11.3 Å². The van der Waals surface area contributed by atoms with Crippen LogP contribution >= 0.6 is 0 Å². The fourth-order valence-corrected chi connectivity index (χ4v) is 4.73. The number of nitrogens with zero attached hydrogens (tertiary/aromatic N) is 2. The number of nitrogens with one attached hydrogen (secondary N) is 1. The van der Waals surface area contributed by atoms with E-state index in [0.717, 1.165) is 13.0 Å². The Morgan fingerprint density at radius 3 is 2.29 bits per heavy atom. The van der Waals surface area contributed by atoms with E-state index >= 15 is 0 Å². The van der Waals surface area contributed by atoms with Crippen LogP contribution in [0.15, 0.2) is 42.0 Å². The zero-order chi connectivity index (χ0) is 26.5. The minimum atomic E-state index is -1.01. The van der Waals surface area contributed by atoms with Crippen molar-refractivity contribution < 1.29 is 19.5 Å². The van der Waals surface area contributed by atoms with Gasteiger partial charge in [0.1, 0.15) is 6.04 Å². The number of piperidine rings is 1. The zero-order valence-electron chi connectivity index (χ0n) is 22.5. The second kappa shape index (κ2) is 11.8. The molecule has 2 amide bonds. The summed E-state index contributed by atoms with van der Waals surface area (Å²) < 4.78 is 0. The Hall–Kier alpha value is -2.67. The summed E-state index contributed by atoms with van der Waals surface area (Å²) in [4.78, 5) is 42.3. The van der Waals surface area contributed by atoms with Crippen molar-refractivity contribution in [2.75, 3.05) is 20.6 Å². The van der Waals surface area contributed by atoms with Crippen LogP contribution in [0.2, 0.25) is 0 Å². The summed E-state index contributed by atoms with van der Waals surface area (Å²) in [6.45, 7) is 12.0. The molecule has 0 aliphatic carbocycles. The summed E-state index contributed by atoms with van der Waals surface area (Å²) in [6.07, 6.45) is 3.30. The lowest BCUT2D eigenvalue weighted by atomic mass is 9.83. The van der Waals surface area contributed by atoms with Crippen LogP contribution in [0.3, 0.4) is 0 Å². The maximum absolute atomic E-state index is 13.7. The van der Waals surface area contributed by atoms with Gasteiger partial charge in [0.25, 0.3) is 0 Å². The van der Waals surface area contributed by atoms with Gasteiger partial charge in [0.2, 0.25) is 11.8 Å². The maximum atomic E-state index is 13.7. The van der Waals surface area contributed by atoms with Crippen LogP contribution in [0.25, 0.3) is 0 Å². The number of carbonyl (C=O) groups is 3. The van der Waals surface area contributed by atoms with Crippen LogP contribution in [0.4, 0.5) is 0 Å². The van der Waals surface area contributed by atoms with E-state index in [9.17, 15) is 19.5 Å². The summed E-state index contributed by atoms with van der Waals surface area (Å²) in [5.74, 6) is -1.08. The van der Waals surface area contributed by atoms with Crippen molar-refractivity contribution in [1.82, 2.24) is 15.1 Å². The van der Waals surface area contributed by atoms with Gasteiger partial charge in [0, 0.05) is 12.6 Å². The van der Waals surface area contributed by atoms with Crippen molar-refractivity contribution in [3.05, 3.63) is 47.5 Å². The summed E-state index contributed by atoms with van der Waals surface area (Å²) >= 11 is 0. The molecule has 2 N–H and O–H groups in total. The number of carboxylic acid groups (broad SMARTS) is 1. The Morgan fingerprint density at radius 1 is 1.17 bits per heavy atom. The highest BCUT2D eigenvalue weighted by molar-refractivity contribution is 5.91. The number of hydrogen-bond acceptors (Lipinski definition) is 4. The van der Waals surface area contributed by atoms with Gasteiger partial charge in [-0.15, -0.1) is 0 Å². The van der Waals surface area contributed by atoms with Gasteiger partial charge < -0.3 is 15.3 Å². The molecule has 7 heteroatoms. The molecule has 1 aromatic carbocycles. The number of aliphatic carboxylic acids is 1. The number of likely N-dealkylation sites (tertiary alicyclic amines) is 1. The van der Waals surface area contributed by atoms with Gasteiger partial charge in [0.15, 0.2) is 0 Å². The molecule has 2 unspecified atom stereocenters. The number of rotatable bonds is 8. The SMILES string of the molecule is C/C(=C\C(C(C)C)N(C)C(=O)C(NC(=O)[C@@H]1C[C@H](c2ccccc2)CCN1C)C(C)(C)C)C(=O)O. The number of amides is 2. The van der Waals surface area contributed by atoms with E-state index in [1.54, 1.807) is 18.0 Å². The first-order valence-corrected chi connectivity index (χ1v) is 12.5. The number of hydrogen-bond donors (Lipinski definition) is 2. The summed E-state index contributed by atoms with van der Waals surface area (Å²) in [7, 11) is 3.64. The summed E-state index contributed by atoms with van der Waals surface area (Å²) in [5.41, 5.74) is 0.901. The second-order valence-corrected chi connectivity index (χ2v) is 11.3. The zero-order valence-corrected chi connectivity index (χ0v) is 22.5. The second-order valence-electron chi connectivity index (χ2n) is 11.3. The van der Waals surface area contributed by atoms with Crippen molar-refractivity contribution in [3.63, 3.8) is 0 Å². The molecule has 194 valence electrons. The maximum Gasteiger partial charge on any atom is 0.331 e. The molecule has 7 nitrogen and oxygen atoms in total. The topological polar surface area (TPSA) is 90.0 Å². The molecule has 1 heterocycles. The van der Waals surface area contributed by atoms with E-state index in [2.05, 4.69) is 22.3 Å². The van der Waals surface area contributed by atoms with Crippen LogP contribution < -0.4 is 5.32 Å². The molecule has 0 aromatic heterocycles. The monoisotopic (exact) mass is 485 g/mol. The third-order valence-corrected chi connectivity index (χ3v) is 7.08. The molecule has 4 atom stereocenters. The highest BCUT2D eigenvalue weighted by atomic mass is 16.4. The van der Waals surface area contributed by atoms with Gasteiger partial charge in [-0.2, -0.15) is 0 Å². The Bertz CT molecular complexity index is 920. The van der Waals surface area contributed by atoms with Crippen LogP contribution in [0.1, 0.15) is 65.9 Å². The lowest BCUT2D eigenvalue weighted by molar-refractivity contribution is -0.141. The highest BCUT2D eigenvalue weighted by Crippen LogP contribution is 2.31. The Labute approximate surface area is 210 Å². The van der Waals surface area contributed by atoms with Crippen LogP contribution in [-0.4, -0.2) is 71.5 Å². The van der Waals surface area contributed by atoms with Crippen LogP contribution in [-0.2, 0) is 14.4 Å². The average molecular weight is 486 g/mol. The molecule has 0 saturated carbocycles. The number of likely N-dealkylation sites (N-methyl/N-ethyl adjacent to an activating group) is 2. The van der Waals surface area contributed by atoms with Crippen molar-refractivity contribution in [1.29, 1.82) is 0 Å². The quantitative estimate of drug-likeness (QED) is 0.545. The lowest BCUT2D eigenvalue weighted by Crippen LogP contribution is -2.60. The van der Waals surface area contributed by atoms with E-state index in [0.29, 0.717) is 12.3 Å². The van der Waals surface area contributed by atoms with Gasteiger partial charge in [-0.1, -0.05) is 71.0 Å². The first-order chi connectivity index (χ1) is 16.2. The average Bonchev–Trinajstić information content (AvgIpc) is 2.79. The van der Waals surface area contributed by atoms with E-state index in [-0.39, 0.29) is 29.3 Å². The van der Waals surface area contributed by atoms with Crippen molar-refractivity contribution in [2.45, 2.75) is 78.4 Å². The molecule has 35 heavy (non-hydrogen) atoms. The molecule has 1 aliphatic heterocycles. The highest BCUT2D eigenvalue weighted by Gasteiger charge is 2.40. The fraction of sp³-hybridized carbons (Fsp3) is 0.607. The number of carbonyl (C=O) groups excluding carboxylic acids is 2. The third-order valence-electron chi connectivity index (χ3n) is 7.08. The molecule has 1 fully saturated rings. The van der Waals surface area contributed by atoms with Gasteiger partial charge >= 0.3 is 5.97 Å². The predicted molar refractivity (Wildman–Crippen MR) is 139 cm³/mol. The predicted octanol–water partition coefficient (Wildman–Crippen LogP) is 3.91. The van der Waals surface area contributed by atoms with Gasteiger partial charge in [-0.3, -0.25) is 14.5 Å². The molecule has 0 bridgehead atoms. The third kappa shape index (κ3) is 7.40. The molecule has 1 saturated heterocycles. The molecule has 0 spiro atoms. The van der Waals surface area contributed by atoms with E-state index < -0.39 is 23.5 Å². The van der Waals surface area contributed by atoms with E-state index in [1.165, 1.54) is 12.5 Å². The molecule has 1 aliphatic rings. The van der Waals surface area contributed by atoms with Crippen molar-refractivity contribution >= 4 is 17.8 Å². The Kier molecular flexibility index (Phi) is 9.67. The van der Waals surface area contributed by atoms with Gasteiger partial charge in [-0.05, 0) is 56.2 Å². The Morgan fingerprint density at radius 2 is 1.77 bits per heavy atom. The van der Waals surface area contributed by atoms with E-state index in [4.69, 9.17) is 0 Å². The molecular formula is C28H43N3O4. The smallest absolute Gasteiger partial charge is 0.331 e. The minimum Gasteiger partial charge on any atom is -0.478 e. The normalized spacial score (nSPS) is 21.3. The minimum absolute atomic E-state index is 0.00526. The lowest BCUT2D eigenvalue weighted by Gasteiger charge is -2.40. The molecule has 2 rings (SSSR count). The van der Waals surface area contributed by atoms with Crippen molar-refractivity contribution in [3.8, 4) is 0 Å². The van der Waals surface area contributed by atoms with Crippen LogP contribution in [0.5, 0.6) is 0 Å². The standard InChI is InChI=1S/C28H43N3O4/c1-18(2)22(16-19(3)27(34)35)31(8)26(33)24(28(4,5)6)29-25(32)23-17-21(14-15-30(23)7)20-12-10-9-11-13-20/h9-13,16,18,21-24H,14-15,17H2,1-8H3,(H,29,32)(H,34,35)/b19-16+/t21-,22?,23+,24?/m1/s1. The first kappa shape index (κ1) is 28.6. The number of benzene rings is 1. The van der Waals surface area contributed by atoms with Crippen LogP contribution in [0, 0.1) is 11.3 Å².